The van der Waals surface area contributed by atoms with Crippen LogP contribution in [-0.4, -0.2) is 32.6 Å². The molecule has 3 aromatic carbocycles. The number of benzene rings is 3. The van der Waals surface area contributed by atoms with Crippen LogP contribution in [-0.2, 0) is 16.0 Å². The van der Waals surface area contributed by atoms with Crippen LogP contribution < -0.4 is 24.8 Å². The van der Waals surface area contributed by atoms with Crippen LogP contribution in [0.5, 0.6) is 17.2 Å². The van der Waals surface area contributed by atoms with Crippen LogP contribution >= 0.6 is 0 Å². The third-order valence-electron chi connectivity index (χ3n) is 4.89. The maximum absolute atomic E-state index is 12.9. The zero-order chi connectivity index (χ0) is 24.3. The molecule has 0 heterocycles. The molecule has 0 aliphatic heterocycles. The third kappa shape index (κ3) is 7.13. The first-order valence-corrected chi connectivity index (χ1v) is 10.8. The second kappa shape index (κ2) is 12.1. The number of methoxy groups -OCH3 is 2. The summed E-state index contributed by atoms with van der Waals surface area (Å²) in [5, 5.41) is 5.38. The van der Waals surface area contributed by atoms with E-state index in [1.807, 2.05) is 18.2 Å². The van der Waals surface area contributed by atoms with E-state index in [2.05, 4.69) is 22.8 Å². The van der Waals surface area contributed by atoms with Gasteiger partial charge in [0.25, 0.3) is 5.91 Å². The fourth-order valence-corrected chi connectivity index (χ4v) is 3.22. The molecule has 0 saturated carbocycles. The Labute approximate surface area is 199 Å². The number of hydrogen-bond acceptors (Lipinski definition) is 5. The van der Waals surface area contributed by atoms with Crippen molar-refractivity contribution in [2.24, 2.45) is 0 Å². The lowest BCUT2D eigenvalue weighted by Crippen LogP contribution is -2.28. The molecule has 0 bridgehead atoms. The van der Waals surface area contributed by atoms with Crippen molar-refractivity contribution >= 4 is 23.6 Å². The Hall–Kier alpha value is -4.26. The summed E-state index contributed by atoms with van der Waals surface area (Å²) in [6.45, 7) is 1.90. The monoisotopic (exact) mass is 460 g/mol. The summed E-state index contributed by atoms with van der Waals surface area (Å²) in [6, 6.07) is 22.4. The minimum Gasteiger partial charge on any atom is -0.493 e. The predicted molar refractivity (Wildman–Crippen MR) is 132 cm³/mol. The summed E-state index contributed by atoms with van der Waals surface area (Å²) in [6.07, 6.45) is 2.38. The standard InChI is InChI=1S/C27H28N2O5/c1-19(30)28-24(17-21-9-14-25(32-2)26(18-21)33-3)27(31)29-22-10-12-23(13-11-22)34-16-15-20-7-5-4-6-8-20/h4-14,17-18H,15-16H2,1-3H3,(H,28,30)(H,29,31)/b24-17+. The molecular formula is C27H28N2O5. The normalized spacial score (nSPS) is 10.9. The number of hydrogen-bond donors (Lipinski definition) is 2. The number of amides is 2. The van der Waals surface area contributed by atoms with Gasteiger partial charge in [-0.25, -0.2) is 0 Å². The lowest BCUT2D eigenvalue weighted by atomic mass is 10.1. The van der Waals surface area contributed by atoms with E-state index in [9.17, 15) is 9.59 Å². The van der Waals surface area contributed by atoms with Crippen molar-refractivity contribution in [2.45, 2.75) is 13.3 Å². The molecule has 3 rings (SSSR count). The topological polar surface area (TPSA) is 85.9 Å². The van der Waals surface area contributed by atoms with Gasteiger partial charge in [-0.15, -0.1) is 0 Å². The summed E-state index contributed by atoms with van der Waals surface area (Å²) in [5.74, 6) is 0.974. The van der Waals surface area contributed by atoms with Crippen molar-refractivity contribution < 1.29 is 23.8 Å². The first-order valence-electron chi connectivity index (χ1n) is 10.8. The first kappa shape index (κ1) is 24.4. The molecule has 0 aliphatic rings. The summed E-state index contributed by atoms with van der Waals surface area (Å²) < 4.78 is 16.3. The SMILES string of the molecule is COc1ccc(/C=C(/NC(C)=O)C(=O)Nc2ccc(OCCc3ccccc3)cc2)cc1OC. The van der Waals surface area contributed by atoms with E-state index < -0.39 is 5.91 Å². The van der Waals surface area contributed by atoms with Crippen molar-refractivity contribution in [3.05, 3.63) is 89.6 Å². The van der Waals surface area contributed by atoms with Gasteiger partial charge in [0.1, 0.15) is 11.4 Å². The molecule has 0 aromatic heterocycles. The molecule has 176 valence electrons. The van der Waals surface area contributed by atoms with Crippen LogP contribution in [0.4, 0.5) is 5.69 Å². The molecule has 0 aliphatic carbocycles. The summed E-state index contributed by atoms with van der Waals surface area (Å²) in [7, 11) is 3.07. The van der Waals surface area contributed by atoms with E-state index >= 15 is 0 Å². The van der Waals surface area contributed by atoms with E-state index in [0.717, 1.165) is 6.42 Å². The molecule has 2 amide bonds. The van der Waals surface area contributed by atoms with Crippen LogP contribution in [0.25, 0.3) is 6.08 Å². The molecule has 0 saturated heterocycles. The highest BCUT2D eigenvalue weighted by Gasteiger charge is 2.13. The number of rotatable bonds is 10. The van der Waals surface area contributed by atoms with Crippen molar-refractivity contribution in [1.29, 1.82) is 0 Å². The quantitative estimate of drug-likeness (QED) is 0.437. The molecule has 7 nitrogen and oxygen atoms in total. The number of nitrogens with one attached hydrogen (secondary N) is 2. The van der Waals surface area contributed by atoms with Gasteiger partial charge in [-0.1, -0.05) is 36.4 Å². The van der Waals surface area contributed by atoms with Crippen LogP contribution in [0.15, 0.2) is 78.5 Å². The van der Waals surface area contributed by atoms with Gasteiger partial charge in [0.05, 0.1) is 20.8 Å². The molecule has 2 N–H and O–H groups in total. The lowest BCUT2D eigenvalue weighted by molar-refractivity contribution is -0.120. The Bertz CT molecular complexity index is 1140. The second-order valence-corrected chi connectivity index (χ2v) is 7.42. The fraction of sp³-hybridized carbons (Fsp3) is 0.185. The molecule has 0 unspecified atom stereocenters. The number of anilines is 1. The van der Waals surface area contributed by atoms with E-state index in [4.69, 9.17) is 14.2 Å². The second-order valence-electron chi connectivity index (χ2n) is 7.42. The van der Waals surface area contributed by atoms with Crippen LogP contribution in [0, 0.1) is 0 Å². The maximum atomic E-state index is 12.9. The van der Waals surface area contributed by atoms with Crippen LogP contribution in [0.2, 0.25) is 0 Å². The van der Waals surface area contributed by atoms with Crippen molar-refractivity contribution in [1.82, 2.24) is 5.32 Å². The summed E-state index contributed by atoms with van der Waals surface area (Å²) in [4.78, 5) is 24.5. The maximum Gasteiger partial charge on any atom is 0.272 e. The zero-order valence-electron chi connectivity index (χ0n) is 19.5. The van der Waals surface area contributed by atoms with Gasteiger partial charge < -0.3 is 24.8 Å². The average Bonchev–Trinajstić information content (AvgIpc) is 2.85. The number of carbonyl (C=O) groups excluding carboxylic acids is 2. The summed E-state index contributed by atoms with van der Waals surface area (Å²) in [5.41, 5.74) is 2.55. The van der Waals surface area contributed by atoms with Crippen molar-refractivity contribution in [3.8, 4) is 17.2 Å². The molecule has 0 spiro atoms. The van der Waals surface area contributed by atoms with Crippen molar-refractivity contribution in [3.63, 3.8) is 0 Å². The highest BCUT2D eigenvalue weighted by Crippen LogP contribution is 2.28. The third-order valence-corrected chi connectivity index (χ3v) is 4.89. The molecule has 3 aromatic rings. The average molecular weight is 461 g/mol. The minimum absolute atomic E-state index is 0.0999. The molecule has 34 heavy (non-hydrogen) atoms. The Balaban J connectivity index is 1.66. The van der Waals surface area contributed by atoms with Crippen LogP contribution in [0.1, 0.15) is 18.1 Å². The van der Waals surface area contributed by atoms with E-state index in [1.165, 1.54) is 19.6 Å². The molecule has 0 atom stereocenters. The van der Waals surface area contributed by atoms with Gasteiger partial charge in [-0.05, 0) is 53.6 Å². The van der Waals surface area contributed by atoms with Gasteiger partial charge in [-0.3, -0.25) is 9.59 Å². The lowest BCUT2D eigenvalue weighted by Gasteiger charge is -2.12. The highest BCUT2D eigenvalue weighted by atomic mass is 16.5. The smallest absolute Gasteiger partial charge is 0.272 e. The molecule has 0 radical (unpaired) electrons. The van der Waals surface area contributed by atoms with Gasteiger partial charge in [-0.2, -0.15) is 0 Å². The Morgan fingerprint density at radius 3 is 2.24 bits per heavy atom. The highest BCUT2D eigenvalue weighted by molar-refractivity contribution is 6.08. The van der Waals surface area contributed by atoms with E-state index in [-0.39, 0.29) is 11.6 Å². The Morgan fingerprint density at radius 1 is 0.882 bits per heavy atom. The van der Waals surface area contributed by atoms with Gasteiger partial charge >= 0.3 is 0 Å². The van der Waals surface area contributed by atoms with Gasteiger partial charge in [0.2, 0.25) is 5.91 Å². The van der Waals surface area contributed by atoms with Gasteiger partial charge in [0.15, 0.2) is 11.5 Å². The Kier molecular flexibility index (Phi) is 8.68. The summed E-state index contributed by atoms with van der Waals surface area (Å²) >= 11 is 0. The van der Waals surface area contributed by atoms with Gasteiger partial charge in [0, 0.05) is 19.0 Å². The zero-order valence-corrected chi connectivity index (χ0v) is 19.5. The fourth-order valence-electron chi connectivity index (χ4n) is 3.22. The predicted octanol–water partition coefficient (Wildman–Crippen LogP) is 4.44. The molecule has 7 heteroatoms. The van der Waals surface area contributed by atoms with Crippen LogP contribution in [0.3, 0.4) is 0 Å². The molecular weight excluding hydrogens is 432 g/mol. The number of ether oxygens (including phenoxy) is 3. The minimum atomic E-state index is -0.456. The van der Waals surface area contributed by atoms with Crippen molar-refractivity contribution in [2.75, 3.05) is 26.1 Å². The van der Waals surface area contributed by atoms with E-state index in [0.29, 0.717) is 35.1 Å². The Morgan fingerprint density at radius 2 is 1.59 bits per heavy atom. The first-order chi connectivity index (χ1) is 16.5. The van der Waals surface area contributed by atoms with E-state index in [1.54, 1.807) is 55.7 Å². The number of carbonyl (C=O) groups is 2. The molecule has 0 fully saturated rings. The largest absolute Gasteiger partial charge is 0.493 e.